The van der Waals surface area contributed by atoms with E-state index in [2.05, 4.69) is 25.4 Å². The van der Waals surface area contributed by atoms with Gasteiger partial charge in [-0.1, -0.05) is 12.1 Å². The first-order valence-electron chi connectivity index (χ1n) is 10.7. The van der Waals surface area contributed by atoms with Gasteiger partial charge >= 0.3 is 0 Å². The summed E-state index contributed by atoms with van der Waals surface area (Å²) in [5.74, 6) is 1.08. The van der Waals surface area contributed by atoms with Gasteiger partial charge in [-0.2, -0.15) is 0 Å². The minimum atomic E-state index is -0.292. The van der Waals surface area contributed by atoms with Gasteiger partial charge in [0.25, 0.3) is 5.56 Å². The van der Waals surface area contributed by atoms with Gasteiger partial charge in [-0.3, -0.25) is 9.69 Å². The first-order chi connectivity index (χ1) is 15.7. The van der Waals surface area contributed by atoms with Gasteiger partial charge in [0.05, 0.1) is 24.7 Å². The molecule has 0 saturated heterocycles. The summed E-state index contributed by atoms with van der Waals surface area (Å²) in [4.78, 5) is 17.9. The second kappa shape index (κ2) is 9.11. The number of pyridine rings is 1. The summed E-state index contributed by atoms with van der Waals surface area (Å²) in [6.45, 7) is 7.36. The van der Waals surface area contributed by atoms with Crippen LogP contribution in [-0.4, -0.2) is 37.2 Å². The molecule has 9 heteroatoms. The molecule has 0 amide bonds. The minimum Gasteiger partial charge on any atom is -0.497 e. The second-order valence-electron chi connectivity index (χ2n) is 9.03. The molecular formula is C24H27FN6O2. The Morgan fingerprint density at radius 2 is 1.82 bits per heavy atom. The van der Waals surface area contributed by atoms with Gasteiger partial charge in [0.1, 0.15) is 11.6 Å². The largest absolute Gasteiger partial charge is 0.497 e. The predicted octanol–water partition coefficient (Wildman–Crippen LogP) is 3.62. The molecule has 0 fully saturated rings. The Bertz CT molecular complexity index is 1310. The van der Waals surface area contributed by atoms with Crippen molar-refractivity contribution in [3.05, 3.63) is 81.7 Å². The number of aromatic amines is 1. The number of nitrogens with zero attached hydrogens (tertiary/aromatic N) is 5. The standard InChI is InChI=1S/C24H27FN6O2/c1-24(2,3)31-22(27-28-29-31)15-30(13-16-5-8-19(25)9-6-16)14-18-11-17-7-10-20(33-4)12-21(17)26-23(18)32/h5-12H,13-15H2,1-4H3,(H,26,32). The zero-order valence-corrected chi connectivity index (χ0v) is 19.2. The van der Waals surface area contributed by atoms with Gasteiger partial charge in [-0.15, -0.1) is 5.10 Å². The average molecular weight is 451 g/mol. The van der Waals surface area contributed by atoms with E-state index in [1.807, 2.05) is 39.0 Å². The predicted molar refractivity (Wildman–Crippen MR) is 123 cm³/mol. The van der Waals surface area contributed by atoms with E-state index in [-0.39, 0.29) is 16.9 Å². The van der Waals surface area contributed by atoms with Crippen molar-refractivity contribution in [2.75, 3.05) is 7.11 Å². The summed E-state index contributed by atoms with van der Waals surface area (Å²) >= 11 is 0. The maximum Gasteiger partial charge on any atom is 0.252 e. The van der Waals surface area contributed by atoms with Crippen molar-refractivity contribution < 1.29 is 9.13 Å². The number of ether oxygens (including phenoxy) is 1. The number of benzene rings is 2. The van der Waals surface area contributed by atoms with Crippen LogP contribution >= 0.6 is 0 Å². The van der Waals surface area contributed by atoms with Crippen LogP contribution in [0.15, 0.2) is 53.3 Å². The fourth-order valence-electron chi connectivity index (χ4n) is 3.75. The lowest BCUT2D eigenvalue weighted by molar-refractivity contribution is 0.223. The van der Waals surface area contributed by atoms with E-state index >= 15 is 0 Å². The molecule has 0 aliphatic heterocycles. The average Bonchev–Trinajstić information content (AvgIpc) is 3.24. The van der Waals surface area contributed by atoms with E-state index in [4.69, 9.17) is 4.74 Å². The molecule has 2 aromatic carbocycles. The molecule has 172 valence electrons. The topological polar surface area (TPSA) is 88.9 Å². The van der Waals surface area contributed by atoms with Crippen LogP contribution in [0.4, 0.5) is 4.39 Å². The van der Waals surface area contributed by atoms with Gasteiger partial charge in [0.15, 0.2) is 5.82 Å². The fourth-order valence-corrected chi connectivity index (χ4v) is 3.75. The molecule has 0 aliphatic carbocycles. The molecule has 0 atom stereocenters. The zero-order chi connectivity index (χ0) is 23.6. The Labute approximate surface area is 191 Å². The maximum atomic E-state index is 13.4. The molecule has 2 aromatic heterocycles. The number of hydrogen-bond donors (Lipinski definition) is 1. The van der Waals surface area contributed by atoms with Crippen LogP contribution in [0, 0.1) is 5.82 Å². The van der Waals surface area contributed by atoms with Crippen molar-refractivity contribution in [3.8, 4) is 5.75 Å². The number of halogens is 1. The van der Waals surface area contributed by atoms with Crippen LogP contribution in [0.2, 0.25) is 0 Å². The van der Waals surface area contributed by atoms with E-state index in [1.54, 1.807) is 30.0 Å². The van der Waals surface area contributed by atoms with Crippen molar-refractivity contribution in [2.45, 2.75) is 45.9 Å². The summed E-state index contributed by atoms with van der Waals surface area (Å²) in [6.07, 6.45) is 0. The van der Waals surface area contributed by atoms with Crippen molar-refractivity contribution in [1.29, 1.82) is 0 Å². The number of fused-ring (bicyclic) bond motifs is 1. The quantitative estimate of drug-likeness (QED) is 0.463. The number of hydrogen-bond acceptors (Lipinski definition) is 6. The molecule has 0 aliphatic rings. The summed E-state index contributed by atoms with van der Waals surface area (Å²) in [5.41, 5.74) is 1.79. The van der Waals surface area contributed by atoms with Gasteiger partial charge in [-0.25, -0.2) is 9.07 Å². The molecule has 4 aromatic rings. The van der Waals surface area contributed by atoms with E-state index in [0.717, 1.165) is 10.9 Å². The Hall–Kier alpha value is -3.59. The molecule has 8 nitrogen and oxygen atoms in total. The molecule has 1 N–H and O–H groups in total. The number of nitrogens with one attached hydrogen (secondary N) is 1. The number of aromatic nitrogens is 5. The van der Waals surface area contributed by atoms with E-state index in [0.29, 0.717) is 42.3 Å². The molecule has 0 unspecified atom stereocenters. The maximum absolute atomic E-state index is 13.4. The Morgan fingerprint density at radius 1 is 1.06 bits per heavy atom. The first kappa shape index (κ1) is 22.6. The van der Waals surface area contributed by atoms with Crippen molar-refractivity contribution in [1.82, 2.24) is 30.1 Å². The van der Waals surface area contributed by atoms with Gasteiger partial charge in [0.2, 0.25) is 0 Å². The Kier molecular flexibility index (Phi) is 6.24. The molecule has 0 spiro atoms. The molecule has 0 bridgehead atoms. The Balaban J connectivity index is 1.67. The third-order valence-corrected chi connectivity index (χ3v) is 5.38. The third kappa shape index (κ3) is 5.25. The van der Waals surface area contributed by atoms with Crippen LogP contribution in [0.25, 0.3) is 10.9 Å². The van der Waals surface area contributed by atoms with Crippen LogP contribution in [0.1, 0.15) is 37.7 Å². The van der Waals surface area contributed by atoms with Gasteiger partial charge in [-0.05, 0) is 72.5 Å². The highest BCUT2D eigenvalue weighted by molar-refractivity contribution is 5.80. The number of tetrazole rings is 1. The first-order valence-corrected chi connectivity index (χ1v) is 10.7. The zero-order valence-electron chi connectivity index (χ0n) is 19.2. The van der Waals surface area contributed by atoms with Crippen LogP contribution in [0.3, 0.4) is 0 Å². The normalized spacial score (nSPS) is 11.9. The van der Waals surface area contributed by atoms with Crippen LogP contribution in [-0.2, 0) is 25.2 Å². The molecule has 33 heavy (non-hydrogen) atoms. The highest BCUT2D eigenvalue weighted by Gasteiger charge is 2.22. The van der Waals surface area contributed by atoms with Gasteiger partial charge in [0, 0.05) is 24.7 Å². The highest BCUT2D eigenvalue weighted by Crippen LogP contribution is 2.21. The fraction of sp³-hybridized carbons (Fsp3) is 0.333. The molecule has 2 heterocycles. The molecule has 0 saturated carbocycles. The lowest BCUT2D eigenvalue weighted by atomic mass is 10.1. The molecule has 4 rings (SSSR count). The lowest BCUT2D eigenvalue weighted by Crippen LogP contribution is -2.31. The molecular weight excluding hydrogens is 423 g/mol. The smallest absolute Gasteiger partial charge is 0.252 e. The van der Waals surface area contributed by atoms with E-state index in [9.17, 15) is 9.18 Å². The SMILES string of the molecule is COc1ccc2cc(CN(Cc3ccc(F)cc3)Cc3nnnn3C(C)(C)C)c(=O)[nH]c2c1. The summed E-state index contributed by atoms with van der Waals surface area (Å²) in [7, 11) is 1.59. The van der Waals surface area contributed by atoms with Crippen LogP contribution in [0.5, 0.6) is 5.75 Å². The highest BCUT2D eigenvalue weighted by atomic mass is 19.1. The van der Waals surface area contributed by atoms with E-state index in [1.165, 1.54) is 12.1 Å². The monoisotopic (exact) mass is 450 g/mol. The Morgan fingerprint density at radius 3 is 2.52 bits per heavy atom. The van der Waals surface area contributed by atoms with Gasteiger partial charge < -0.3 is 9.72 Å². The lowest BCUT2D eigenvalue weighted by Gasteiger charge is -2.25. The third-order valence-electron chi connectivity index (χ3n) is 5.38. The number of methoxy groups -OCH3 is 1. The summed E-state index contributed by atoms with van der Waals surface area (Å²) in [6, 6.07) is 13.8. The molecule has 0 radical (unpaired) electrons. The van der Waals surface area contributed by atoms with E-state index < -0.39 is 0 Å². The van der Waals surface area contributed by atoms with Crippen molar-refractivity contribution >= 4 is 10.9 Å². The summed E-state index contributed by atoms with van der Waals surface area (Å²) < 4.78 is 20.4. The number of rotatable bonds is 7. The second-order valence-corrected chi connectivity index (χ2v) is 9.03. The minimum absolute atomic E-state index is 0.171. The summed E-state index contributed by atoms with van der Waals surface area (Å²) in [5, 5.41) is 13.1. The van der Waals surface area contributed by atoms with Crippen molar-refractivity contribution in [3.63, 3.8) is 0 Å². The number of H-pyrrole nitrogens is 1. The van der Waals surface area contributed by atoms with Crippen LogP contribution < -0.4 is 10.3 Å². The van der Waals surface area contributed by atoms with Crippen molar-refractivity contribution in [2.24, 2.45) is 0 Å².